The molecule has 0 bridgehead atoms. The monoisotopic (exact) mass is 258 g/mol. The van der Waals surface area contributed by atoms with E-state index in [9.17, 15) is 4.79 Å². The lowest BCUT2D eigenvalue weighted by atomic mass is 10.1. The molecule has 0 saturated carbocycles. The molecule has 0 saturated heterocycles. The molecule has 1 aromatic carbocycles. The molecule has 0 amide bonds. The number of esters is 1. The van der Waals surface area contributed by atoms with E-state index in [1.54, 1.807) is 0 Å². The zero-order valence-corrected chi connectivity index (χ0v) is 11.4. The first-order valence-corrected chi connectivity index (χ1v) is 6.34. The minimum Gasteiger partial charge on any atom is -0.428 e. The molecular formula is C16H18O3. The first kappa shape index (κ1) is 13.6. The molecule has 1 unspecified atom stereocenters. The van der Waals surface area contributed by atoms with Gasteiger partial charge in [0.05, 0.1) is 6.10 Å². The SMILES string of the molecule is CC(C)=CC1=CC(=O)OC1O[C@H](C)c1ccccc1. The Balaban J connectivity index is 2.09. The third-order valence-electron chi connectivity index (χ3n) is 2.83. The molecule has 1 aromatic rings. The van der Waals surface area contributed by atoms with E-state index < -0.39 is 6.29 Å². The summed E-state index contributed by atoms with van der Waals surface area (Å²) in [6.07, 6.45) is 2.64. The number of hydrogen-bond donors (Lipinski definition) is 0. The van der Waals surface area contributed by atoms with Crippen LogP contribution in [0, 0.1) is 0 Å². The largest absolute Gasteiger partial charge is 0.428 e. The molecule has 0 fully saturated rings. The molecule has 0 spiro atoms. The fraction of sp³-hybridized carbons (Fsp3) is 0.312. The quantitative estimate of drug-likeness (QED) is 0.775. The van der Waals surface area contributed by atoms with Crippen molar-refractivity contribution in [3.8, 4) is 0 Å². The van der Waals surface area contributed by atoms with Crippen LogP contribution in [0.5, 0.6) is 0 Å². The van der Waals surface area contributed by atoms with Gasteiger partial charge in [-0.1, -0.05) is 42.0 Å². The maximum atomic E-state index is 11.4. The summed E-state index contributed by atoms with van der Waals surface area (Å²) in [5.41, 5.74) is 2.93. The lowest BCUT2D eigenvalue weighted by Crippen LogP contribution is -2.18. The molecule has 0 aliphatic carbocycles. The van der Waals surface area contributed by atoms with Crippen LogP contribution in [-0.2, 0) is 14.3 Å². The number of carbonyl (C=O) groups is 1. The molecule has 2 rings (SSSR count). The van der Waals surface area contributed by atoms with E-state index in [0.717, 1.165) is 16.7 Å². The van der Waals surface area contributed by atoms with Crippen molar-refractivity contribution in [3.05, 3.63) is 59.2 Å². The summed E-state index contributed by atoms with van der Waals surface area (Å²) < 4.78 is 11.0. The van der Waals surface area contributed by atoms with Crippen LogP contribution in [0.2, 0.25) is 0 Å². The molecule has 0 aromatic heterocycles. The summed E-state index contributed by atoms with van der Waals surface area (Å²) in [7, 11) is 0. The van der Waals surface area contributed by atoms with Crippen LogP contribution in [-0.4, -0.2) is 12.3 Å². The van der Waals surface area contributed by atoms with Crippen LogP contribution in [0.15, 0.2) is 53.6 Å². The number of allylic oxidation sites excluding steroid dienone is 1. The van der Waals surface area contributed by atoms with Crippen molar-refractivity contribution in [2.24, 2.45) is 0 Å². The van der Waals surface area contributed by atoms with Crippen LogP contribution in [0.3, 0.4) is 0 Å². The van der Waals surface area contributed by atoms with Crippen LogP contribution < -0.4 is 0 Å². The van der Waals surface area contributed by atoms with E-state index in [1.165, 1.54) is 6.08 Å². The van der Waals surface area contributed by atoms with Gasteiger partial charge in [0.2, 0.25) is 6.29 Å². The van der Waals surface area contributed by atoms with Crippen molar-refractivity contribution in [3.63, 3.8) is 0 Å². The molecular weight excluding hydrogens is 240 g/mol. The number of carbonyl (C=O) groups excluding carboxylic acids is 1. The lowest BCUT2D eigenvalue weighted by molar-refractivity contribution is -0.166. The molecule has 1 aliphatic rings. The highest BCUT2D eigenvalue weighted by molar-refractivity contribution is 5.86. The Labute approximate surface area is 113 Å². The first-order chi connectivity index (χ1) is 9.06. The highest BCUT2D eigenvalue weighted by atomic mass is 16.7. The van der Waals surface area contributed by atoms with Crippen LogP contribution in [0.1, 0.15) is 32.4 Å². The van der Waals surface area contributed by atoms with Gasteiger partial charge in [-0.05, 0) is 26.3 Å². The number of ether oxygens (including phenoxy) is 2. The van der Waals surface area contributed by atoms with Gasteiger partial charge in [0.1, 0.15) is 0 Å². The lowest BCUT2D eigenvalue weighted by Gasteiger charge is -2.19. The van der Waals surface area contributed by atoms with Crippen molar-refractivity contribution in [2.45, 2.75) is 33.2 Å². The number of rotatable bonds is 4. The summed E-state index contributed by atoms with van der Waals surface area (Å²) >= 11 is 0. The Bertz CT molecular complexity index is 510. The van der Waals surface area contributed by atoms with Crippen LogP contribution in [0.4, 0.5) is 0 Å². The van der Waals surface area contributed by atoms with Crippen molar-refractivity contribution >= 4 is 5.97 Å². The molecule has 1 heterocycles. The van der Waals surface area contributed by atoms with Gasteiger partial charge in [-0.2, -0.15) is 0 Å². The highest BCUT2D eigenvalue weighted by Gasteiger charge is 2.27. The second-order valence-electron chi connectivity index (χ2n) is 4.82. The predicted molar refractivity (Wildman–Crippen MR) is 73.3 cm³/mol. The van der Waals surface area contributed by atoms with Gasteiger partial charge >= 0.3 is 5.97 Å². The maximum Gasteiger partial charge on any atom is 0.333 e. The smallest absolute Gasteiger partial charge is 0.333 e. The minimum absolute atomic E-state index is 0.133. The van der Waals surface area contributed by atoms with Gasteiger partial charge < -0.3 is 9.47 Å². The van der Waals surface area contributed by atoms with Crippen molar-refractivity contribution in [2.75, 3.05) is 0 Å². The Kier molecular flexibility index (Phi) is 4.17. The van der Waals surface area contributed by atoms with E-state index in [-0.39, 0.29) is 12.1 Å². The van der Waals surface area contributed by atoms with Crippen LogP contribution in [0.25, 0.3) is 0 Å². The fourth-order valence-corrected chi connectivity index (χ4v) is 1.95. The highest BCUT2D eigenvalue weighted by Crippen LogP contribution is 2.26. The van der Waals surface area contributed by atoms with E-state index in [1.807, 2.05) is 57.2 Å². The fourth-order valence-electron chi connectivity index (χ4n) is 1.95. The zero-order chi connectivity index (χ0) is 13.8. The summed E-state index contributed by atoms with van der Waals surface area (Å²) in [5.74, 6) is -0.349. The molecule has 3 nitrogen and oxygen atoms in total. The number of benzene rings is 1. The third kappa shape index (κ3) is 3.55. The second-order valence-corrected chi connectivity index (χ2v) is 4.82. The summed E-state index contributed by atoms with van der Waals surface area (Å²) in [4.78, 5) is 11.4. The average molecular weight is 258 g/mol. The molecule has 3 heteroatoms. The topological polar surface area (TPSA) is 35.5 Å². The number of hydrogen-bond acceptors (Lipinski definition) is 3. The summed E-state index contributed by atoms with van der Waals surface area (Å²) in [6, 6.07) is 9.86. The van der Waals surface area contributed by atoms with Gasteiger partial charge in [-0.3, -0.25) is 0 Å². The zero-order valence-electron chi connectivity index (χ0n) is 11.4. The van der Waals surface area contributed by atoms with Gasteiger partial charge in [-0.15, -0.1) is 0 Å². The molecule has 19 heavy (non-hydrogen) atoms. The molecule has 100 valence electrons. The van der Waals surface area contributed by atoms with Gasteiger partial charge in [0.15, 0.2) is 0 Å². The standard InChI is InChI=1S/C16H18O3/c1-11(2)9-14-10-15(17)19-16(14)18-12(3)13-7-5-4-6-8-13/h4-10,12,16H,1-3H3/t12-,16?/m1/s1. The number of cyclic esters (lactones) is 1. The summed E-state index contributed by atoms with van der Waals surface area (Å²) in [5, 5.41) is 0. The Hall–Kier alpha value is -1.87. The first-order valence-electron chi connectivity index (χ1n) is 6.34. The van der Waals surface area contributed by atoms with E-state index in [0.29, 0.717) is 0 Å². The summed E-state index contributed by atoms with van der Waals surface area (Å²) in [6.45, 7) is 5.89. The Morgan fingerprint density at radius 3 is 2.63 bits per heavy atom. The van der Waals surface area contributed by atoms with Crippen LogP contribution >= 0.6 is 0 Å². The predicted octanol–water partition coefficient (Wildman–Crippen LogP) is 3.54. The van der Waals surface area contributed by atoms with E-state index in [2.05, 4.69) is 0 Å². The molecule has 0 N–H and O–H groups in total. The molecule has 2 atom stereocenters. The van der Waals surface area contributed by atoms with Gasteiger partial charge in [0, 0.05) is 11.6 Å². The van der Waals surface area contributed by atoms with Crippen molar-refractivity contribution in [1.82, 2.24) is 0 Å². The van der Waals surface area contributed by atoms with Crippen molar-refractivity contribution < 1.29 is 14.3 Å². The van der Waals surface area contributed by atoms with Gasteiger partial charge in [-0.25, -0.2) is 4.79 Å². The average Bonchev–Trinajstić information content (AvgIpc) is 2.69. The maximum absolute atomic E-state index is 11.4. The molecule has 0 radical (unpaired) electrons. The normalized spacial score (nSPS) is 19.6. The minimum atomic E-state index is -0.613. The second kappa shape index (κ2) is 5.85. The molecule has 1 aliphatic heterocycles. The van der Waals surface area contributed by atoms with E-state index in [4.69, 9.17) is 9.47 Å². The Morgan fingerprint density at radius 2 is 2.00 bits per heavy atom. The van der Waals surface area contributed by atoms with E-state index >= 15 is 0 Å². The third-order valence-corrected chi connectivity index (χ3v) is 2.83. The van der Waals surface area contributed by atoms with Gasteiger partial charge in [0.25, 0.3) is 0 Å². The van der Waals surface area contributed by atoms with Crippen molar-refractivity contribution in [1.29, 1.82) is 0 Å². The Morgan fingerprint density at radius 1 is 1.32 bits per heavy atom.